The standard InChI is InChI=1S/C33H44N12O6/c34-9-5-4-8-25(33(50)51)42-31(48)27(12-22-15-37-18-40-22)45-32(49)28(13-23-16-38-19-41-23)44-30(47)26(10-20-6-2-1-3-7-20)43-29(46)24(35)11-21-14-36-17-39-21/h1-3,6-7,14-19,24-28H,4-5,8-13,34-35H2,(H,36,39)(H,37,40)(H,38,41)(H,42,48)(H,43,46)(H,44,47)(H,45,49)(H,50,51)/t24-,25-,26-,27-,28-/m0/s1. The lowest BCUT2D eigenvalue weighted by Gasteiger charge is -2.26. The second-order valence-corrected chi connectivity index (χ2v) is 12.0. The van der Waals surface area contributed by atoms with E-state index in [1.54, 1.807) is 30.5 Å². The molecule has 18 heteroatoms. The van der Waals surface area contributed by atoms with Gasteiger partial charge in [0.25, 0.3) is 0 Å². The molecule has 0 radical (unpaired) electrons. The van der Waals surface area contributed by atoms with Crippen LogP contribution < -0.4 is 32.7 Å². The smallest absolute Gasteiger partial charge is 0.326 e. The van der Waals surface area contributed by atoms with Gasteiger partial charge in [-0.1, -0.05) is 30.3 Å². The molecule has 0 saturated carbocycles. The molecular formula is C33H44N12O6. The number of nitrogens with zero attached hydrogens (tertiary/aromatic N) is 3. The van der Waals surface area contributed by atoms with Crippen molar-refractivity contribution in [3.63, 3.8) is 0 Å². The van der Waals surface area contributed by atoms with Crippen molar-refractivity contribution in [3.05, 3.63) is 90.5 Å². The van der Waals surface area contributed by atoms with Gasteiger partial charge in [0, 0.05) is 61.4 Å². The monoisotopic (exact) mass is 704 g/mol. The number of carboxylic acid groups (broad SMARTS) is 1. The molecule has 0 unspecified atom stereocenters. The van der Waals surface area contributed by atoms with Crippen LogP contribution in [0.25, 0.3) is 0 Å². The normalized spacial score (nSPS) is 14.0. The number of aromatic nitrogens is 6. The van der Waals surface area contributed by atoms with Gasteiger partial charge in [0.2, 0.25) is 23.6 Å². The van der Waals surface area contributed by atoms with Crippen LogP contribution >= 0.6 is 0 Å². The molecule has 4 aromatic rings. The van der Waals surface area contributed by atoms with Crippen LogP contribution in [0.2, 0.25) is 0 Å². The molecule has 4 amide bonds. The fourth-order valence-corrected chi connectivity index (χ4v) is 5.28. The Labute approximate surface area is 293 Å². The highest BCUT2D eigenvalue weighted by atomic mass is 16.4. The van der Waals surface area contributed by atoms with E-state index in [2.05, 4.69) is 51.2 Å². The minimum Gasteiger partial charge on any atom is -0.480 e. The number of amides is 4. The zero-order valence-corrected chi connectivity index (χ0v) is 27.9. The maximum atomic E-state index is 14.0. The van der Waals surface area contributed by atoms with Crippen LogP contribution in [0.3, 0.4) is 0 Å². The zero-order valence-electron chi connectivity index (χ0n) is 27.9. The summed E-state index contributed by atoms with van der Waals surface area (Å²) in [5, 5.41) is 20.4. The van der Waals surface area contributed by atoms with Crippen LogP contribution in [0.1, 0.15) is 41.9 Å². The van der Waals surface area contributed by atoms with Gasteiger partial charge in [-0.05, 0) is 31.4 Å². The highest BCUT2D eigenvalue weighted by molar-refractivity contribution is 5.95. The second kappa shape index (κ2) is 19.3. The van der Waals surface area contributed by atoms with Gasteiger partial charge in [-0.3, -0.25) is 19.2 Å². The van der Waals surface area contributed by atoms with Crippen LogP contribution in [-0.2, 0) is 49.7 Å². The van der Waals surface area contributed by atoms with Crippen molar-refractivity contribution in [1.29, 1.82) is 0 Å². The summed E-state index contributed by atoms with van der Waals surface area (Å²) >= 11 is 0. The Hall–Kier alpha value is -5.88. The summed E-state index contributed by atoms with van der Waals surface area (Å²) in [6.45, 7) is 0.371. The first kappa shape index (κ1) is 37.9. The van der Waals surface area contributed by atoms with E-state index in [1.165, 1.54) is 31.4 Å². The maximum absolute atomic E-state index is 14.0. The Bertz CT molecular complexity index is 1670. The molecule has 5 atom stereocenters. The lowest BCUT2D eigenvalue weighted by molar-refractivity contribution is -0.142. The summed E-state index contributed by atoms with van der Waals surface area (Å²) in [6.07, 6.45) is 10.1. The molecule has 0 aliphatic rings. The number of aliphatic carboxylic acids is 1. The van der Waals surface area contributed by atoms with Gasteiger partial charge >= 0.3 is 5.97 Å². The predicted octanol–water partition coefficient (Wildman–Crippen LogP) is -1.39. The third-order valence-corrected chi connectivity index (χ3v) is 8.03. The molecule has 0 fully saturated rings. The molecule has 51 heavy (non-hydrogen) atoms. The molecule has 4 rings (SSSR count). The maximum Gasteiger partial charge on any atom is 0.326 e. The second-order valence-electron chi connectivity index (χ2n) is 12.0. The molecule has 0 bridgehead atoms. The molecule has 3 aromatic heterocycles. The quantitative estimate of drug-likeness (QED) is 0.0450. The first-order valence-electron chi connectivity index (χ1n) is 16.5. The van der Waals surface area contributed by atoms with Crippen LogP contribution in [-0.4, -0.2) is 101 Å². The Morgan fingerprint density at radius 1 is 0.627 bits per heavy atom. The number of rotatable bonds is 21. The van der Waals surface area contributed by atoms with E-state index < -0.39 is 59.8 Å². The van der Waals surface area contributed by atoms with Gasteiger partial charge < -0.3 is 52.8 Å². The SMILES string of the molecule is NCCCC[C@H](NC(=O)[C@H](Cc1cnc[nH]1)NC(=O)[C@H](Cc1cnc[nH]1)NC(=O)[C@H](Cc1ccccc1)NC(=O)[C@@H](N)Cc1cnc[nH]1)C(=O)O. The van der Waals surface area contributed by atoms with Crippen molar-refractivity contribution < 1.29 is 29.1 Å². The van der Waals surface area contributed by atoms with Crippen molar-refractivity contribution in [2.24, 2.45) is 11.5 Å². The van der Waals surface area contributed by atoms with Crippen molar-refractivity contribution >= 4 is 29.6 Å². The molecular weight excluding hydrogens is 660 g/mol. The Morgan fingerprint density at radius 2 is 1.08 bits per heavy atom. The number of hydrogen-bond acceptors (Lipinski definition) is 10. The molecule has 0 spiro atoms. The van der Waals surface area contributed by atoms with Gasteiger partial charge in [0.15, 0.2) is 0 Å². The van der Waals surface area contributed by atoms with Crippen molar-refractivity contribution in [2.75, 3.05) is 6.54 Å². The number of nitrogens with one attached hydrogen (secondary N) is 7. The fraction of sp³-hybridized carbons (Fsp3) is 0.394. The first-order chi connectivity index (χ1) is 24.6. The summed E-state index contributed by atoms with van der Waals surface area (Å²) in [7, 11) is 0. The molecule has 18 nitrogen and oxygen atoms in total. The first-order valence-corrected chi connectivity index (χ1v) is 16.5. The molecule has 3 heterocycles. The van der Waals surface area contributed by atoms with Gasteiger partial charge in [-0.15, -0.1) is 0 Å². The topological polar surface area (TPSA) is 292 Å². The number of benzene rings is 1. The van der Waals surface area contributed by atoms with E-state index in [-0.39, 0.29) is 32.1 Å². The van der Waals surface area contributed by atoms with Gasteiger partial charge in [-0.2, -0.15) is 0 Å². The number of hydrogen-bond donors (Lipinski definition) is 10. The number of carboxylic acids is 1. The van der Waals surface area contributed by atoms with Crippen LogP contribution in [0.15, 0.2) is 67.9 Å². The lowest BCUT2D eigenvalue weighted by atomic mass is 10.0. The molecule has 0 aliphatic carbocycles. The summed E-state index contributed by atoms with van der Waals surface area (Å²) in [5.74, 6) is -3.99. The number of carbonyl (C=O) groups is 5. The summed E-state index contributed by atoms with van der Waals surface area (Å²) in [4.78, 5) is 87.1. The molecule has 12 N–H and O–H groups in total. The van der Waals surface area contributed by atoms with E-state index in [1.807, 2.05) is 6.07 Å². The zero-order chi connectivity index (χ0) is 36.6. The largest absolute Gasteiger partial charge is 0.480 e. The third kappa shape index (κ3) is 12.2. The number of carbonyl (C=O) groups excluding carboxylic acids is 4. The van der Waals surface area contributed by atoms with Gasteiger partial charge in [0.1, 0.15) is 24.2 Å². The minimum atomic E-state index is -1.26. The Balaban J connectivity index is 1.54. The van der Waals surface area contributed by atoms with Crippen molar-refractivity contribution in [2.45, 2.75) is 75.2 Å². The van der Waals surface area contributed by atoms with Crippen molar-refractivity contribution in [1.82, 2.24) is 51.2 Å². The van der Waals surface area contributed by atoms with Crippen LogP contribution in [0.5, 0.6) is 0 Å². The summed E-state index contributed by atoms with van der Waals surface area (Å²) in [5.41, 5.74) is 14.1. The van der Waals surface area contributed by atoms with Crippen LogP contribution in [0.4, 0.5) is 0 Å². The average Bonchev–Trinajstić information content (AvgIpc) is 3.93. The van der Waals surface area contributed by atoms with E-state index in [4.69, 9.17) is 11.5 Å². The molecule has 1 aromatic carbocycles. The number of nitrogens with two attached hydrogens (primary N) is 2. The van der Waals surface area contributed by atoms with E-state index >= 15 is 0 Å². The molecule has 0 aliphatic heterocycles. The third-order valence-electron chi connectivity index (χ3n) is 8.03. The Morgan fingerprint density at radius 3 is 1.53 bits per heavy atom. The van der Waals surface area contributed by atoms with Gasteiger partial charge in [0.05, 0.1) is 25.0 Å². The highest BCUT2D eigenvalue weighted by Crippen LogP contribution is 2.09. The summed E-state index contributed by atoms with van der Waals surface area (Å²) < 4.78 is 0. The average molecular weight is 705 g/mol. The van der Waals surface area contributed by atoms with E-state index in [0.29, 0.717) is 36.5 Å². The van der Waals surface area contributed by atoms with E-state index in [0.717, 1.165) is 5.56 Å². The number of aromatic amines is 3. The lowest BCUT2D eigenvalue weighted by Crippen LogP contribution is -2.59. The highest BCUT2D eigenvalue weighted by Gasteiger charge is 2.32. The Kier molecular flexibility index (Phi) is 14.4. The fourth-order valence-electron chi connectivity index (χ4n) is 5.28. The summed E-state index contributed by atoms with van der Waals surface area (Å²) in [6, 6.07) is 3.12. The van der Waals surface area contributed by atoms with Crippen LogP contribution in [0, 0.1) is 0 Å². The number of imidazole rings is 3. The number of unbranched alkanes of at least 4 members (excludes halogenated alkanes) is 1. The van der Waals surface area contributed by atoms with E-state index in [9.17, 15) is 29.1 Å². The molecule has 272 valence electrons. The predicted molar refractivity (Wildman–Crippen MR) is 183 cm³/mol. The minimum absolute atomic E-state index is 0.0572. The number of H-pyrrole nitrogens is 3. The van der Waals surface area contributed by atoms with Gasteiger partial charge in [-0.25, -0.2) is 19.7 Å². The molecule has 0 saturated heterocycles. The van der Waals surface area contributed by atoms with Crippen molar-refractivity contribution in [3.8, 4) is 0 Å².